The van der Waals surface area contributed by atoms with Crippen molar-refractivity contribution in [1.82, 2.24) is 16.0 Å². The lowest BCUT2D eigenvalue weighted by Gasteiger charge is -2.27. The summed E-state index contributed by atoms with van der Waals surface area (Å²) in [6.45, 7) is 103. The number of rotatable bonds is 20. The van der Waals surface area contributed by atoms with Gasteiger partial charge in [0.1, 0.15) is 0 Å². The molecular formula is C109H203N3O5. The summed E-state index contributed by atoms with van der Waals surface area (Å²) < 4.78 is 27.6. The van der Waals surface area contributed by atoms with Gasteiger partial charge in [0.05, 0.1) is 64.4 Å². The highest BCUT2D eigenvalue weighted by Gasteiger charge is 2.27. The molecule has 0 amide bonds. The minimum Gasteiger partial charge on any atom is -0.498 e. The standard InChI is InChI=1S/C12H22.2C11H21N.3C11H20O.C11H20.C10H19N.2C10H18O.CH4/c1-9(2)11-7-5-6-8-12(11)10(3)4;1-8(2)10-5-6-12-7-11(10)9(3)4;1-8(2)10-6-5-7-12-11(10)9(3)4;2*1-8(2)10-5-6-12-7-11(10)9(3)4;1-8(2)10-6-5-7-12-11(10)9(3)4;1-8(2)10-6-5-7-11(10)9(3)4;1-7(2)9-5-6-11-10(9)8(3)4;1-7(2)9-5-11-6-10(9)8(3)4;1-7(2)9-5-6-11-10(9)8(3)4;/h9-10H,5-8H2,1-4H3;2*8-9,12H,5-7H2,1-4H3;3*8-9H,5-7H2,1-4H3;8-9H,5-7H2,1-4H3;7-8,11H,5-6H2,1-4H3;2*7-8H,5-6H2,1-4H3;1H4. The van der Waals surface area contributed by atoms with Gasteiger partial charge in [-0.3, -0.25) is 0 Å². The first-order valence-corrected chi connectivity index (χ1v) is 48.7. The molecule has 10 aliphatic rings. The average Bonchev–Trinajstić information content (AvgIpc) is 1.83. The Balaban J connectivity index is 0.00000128. The van der Waals surface area contributed by atoms with E-state index in [0.717, 1.165) is 133 Å². The Bertz CT molecular complexity index is 2420. The first-order valence-electron chi connectivity index (χ1n) is 48.7. The Hall–Kier alpha value is -3.56. The van der Waals surface area contributed by atoms with Crippen molar-refractivity contribution in [3.63, 3.8) is 0 Å². The SMILES string of the molecule is C.CC(C)C1=C(C(C)C)CCC1.CC(C)C1=C(C(C)C)CCCC1.CC(C)C1=C(C(C)C)CNCC1.CC(C)C1=C(C(C)C)COC1.CC(C)C1=C(C(C)C)COCC1.CC(C)C1=C(C(C)C)COCC1.CC(C)C1=C(C(C)C)NCC1.CC(C)C1=C(C(C)C)NCCC1.CC(C)C1=C(C(C)C)OCC1.CC(C)C1=C(C(C)C)OCCC1. The van der Waals surface area contributed by atoms with Gasteiger partial charge < -0.3 is 39.6 Å². The van der Waals surface area contributed by atoms with Crippen molar-refractivity contribution >= 4 is 0 Å². The predicted molar refractivity (Wildman–Crippen MR) is 521 cm³/mol. The molecule has 117 heavy (non-hydrogen) atoms. The highest BCUT2D eigenvalue weighted by atomic mass is 16.5. The number of nitrogens with one attached hydrogen (secondary N) is 3. The van der Waals surface area contributed by atoms with E-state index in [1.54, 1.807) is 55.7 Å². The molecule has 0 atom stereocenters. The van der Waals surface area contributed by atoms with E-state index in [0.29, 0.717) is 71.0 Å². The molecule has 3 N–H and O–H groups in total. The molecule has 0 radical (unpaired) electrons. The van der Waals surface area contributed by atoms with Gasteiger partial charge >= 0.3 is 0 Å². The van der Waals surface area contributed by atoms with E-state index in [2.05, 4.69) is 293 Å². The maximum atomic E-state index is 5.69. The van der Waals surface area contributed by atoms with Gasteiger partial charge in [0.15, 0.2) is 0 Å². The zero-order valence-electron chi connectivity index (χ0n) is 84.9. The fourth-order valence-corrected chi connectivity index (χ4v) is 18.5. The van der Waals surface area contributed by atoms with Gasteiger partial charge in [-0.15, -0.1) is 0 Å². The van der Waals surface area contributed by atoms with E-state index in [-0.39, 0.29) is 7.43 Å². The Morgan fingerprint density at radius 1 is 0.188 bits per heavy atom. The second-order valence-corrected chi connectivity index (χ2v) is 41.4. The van der Waals surface area contributed by atoms with E-state index >= 15 is 0 Å². The van der Waals surface area contributed by atoms with Gasteiger partial charge in [-0.05, 0) is 254 Å². The van der Waals surface area contributed by atoms with Gasteiger partial charge in [0.25, 0.3) is 0 Å². The van der Waals surface area contributed by atoms with Crippen molar-refractivity contribution in [3.8, 4) is 0 Å². The number of allylic oxidation sites excluding steroid dienone is 10. The van der Waals surface area contributed by atoms with E-state index in [4.69, 9.17) is 23.7 Å². The first-order chi connectivity index (χ1) is 54.3. The fraction of sp³-hybridized carbons (Fsp3) is 0.817. The van der Waals surface area contributed by atoms with Crippen LogP contribution in [0.25, 0.3) is 0 Å². The van der Waals surface area contributed by atoms with Crippen LogP contribution in [0, 0.1) is 118 Å². The molecule has 8 heterocycles. The van der Waals surface area contributed by atoms with Crippen molar-refractivity contribution in [3.05, 3.63) is 112 Å². The van der Waals surface area contributed by atoms with E-state index < -0.39 is 0 Å². The molecule has 0 unspecified atom stereocenters. The summed E-state index contributed by atoms with van der Waals surface area (Å²) in [5.41, 5.74) is 29.1. The largest absolute Gasteiger partial charge is 0.498 e. The quantitative estimate of drug-likeness (QED) is 0.104. The summed E-state index contributed by atoms with van der Waals surface area (Å²) in [7, 11) is 0. The van der Waals surface area contributed by atoms with Crippen LogP contribution in [0.3, 0.4) is 0 Å². The zero-order valence-corrected chi connectivity index (χ0v) is 84.9. The smallest absolute Gasteiger partial charge is 0.0981 e. The van der Waals surface area contributed by atoms with Crippen molar-refractivity contribution in [2.24, 2.45) is 118 Å². The van der Waals surface area contributed by atoms with E-state index in [9.17, 15) is 0 Å². The van der Waals surface area contributed by atoms with Crippen molar-refractivity contribution in [1.29, 1.82) is 0 Å². The molecule has 10 rings (SSSR count). The van der Waals surface area contributed by atoms with Crippen molar-refractivity contribution in [2.75, 3.05) is 79.0 Å². The van der Waals surface area contributed by atoms with Crippen molar-refractivity contribution in [2.45, 2.75) is 387 Å². The lowest BCUT2D eigenvalue weighted by Crippen LogP contribution is -2.28. The second kappa shape index (κ2) is 60.1. The van der Waals surface area contributed by atoms with Gasteiger partial charge in [-0.1, -0.05) is 329 Å². The summed E-state index contributed by atoms with van der Waals surface area (Å²) in [4.78, 5) is 0. The van der Waals surface area contributed by atoms with Crippen LogP contribution in [-0.2, 0) is 23.7 Å². The van der Waals surface area contributed by atoms with E-state index in [1.807, 2.05) is 0 Å². The van der Waals surface area contributed by atoms with Crippen LogP contribution in [0.1, 0.15) is 387 Å². The molecule has 0 aromatic heterocycles. The Kier molecular flexibility index (Phi) is 58.3. The molecule has 8 heteroatoms. The van der Waals surface area contributed by atoms with Crippen LogP contribution >= 0.6 is 0 Å². The highest BCUT2D eigenvalue weighted by Crippen LogP contribution is 2.39. The van der Waals surface area contributed by atoms with Gasteiger partial charge in [-0.2, -0.15) is 0 Å². The Labute approximate surface area is 731 Å². The maximum absolute atomic E-state index is 5.69. The van der Waals surface area contributed by atoms with Crippen LogP contribution in [0.2, 0.25) is 0 Å². The molecule has 8 aliphatic heterocycles. The zero-order chi connectivity index (χ0) is 88.5. The molecule has 0 spiro atoms. The molecule has 0 aromatic rings. The molecule has 0 fully saturated rings. The summed E-state index contributed by atoms with van der Waals surface area (Å²) >= 11 is 0. The summed E-state index contributed by atoms with van der Waals surface area (Å²) in [6, 6.07) is 0. The van der Waals surface area contributed by atoms with Crippen LogP contribution in [-0.4, -0.2) is 79.0 Å². The van der Waals surface area contributed by atoms with Crippen LogP contribution in [0.15, 0.2) is 112 Å². The number of hydrogen-bond acceptors (Lipinski definition) is 8. The Morgan fingerprint density at radius 2 is 0.444 bits per heavy atom. The molecule has 8 nitrogen and oxygen atoms in total. The summed E-state index contributed by atoms with van der Waals surface area (Å²) in [5, 5.41) is 10.4. The topological polar surface area (TPSA) is 82.2 Å². The molecule has 2 aliphatic carbocycles. The normalized spacial score (nSPS) is 18.9. The third-order valence-electron chi connectivity index (χ3n) is 25.3. The Morgan fingerprint density at radius 3 is 0.744 bits per heavy atom. The molecule has 0 saturated carbocycles. The van der Waals surface area contributed by atoms with Crippen LogP contribution < -0.4 is 16.0 Å². The highest BCUT2D eigenvalue weighted by molar-refractivity contribution is 5.27. The molecule has 684 valence electrons. The molecular weight excluding hydrogens is 1430 g/mol. The molecule has 0 aromatic carbocycles. The first kappa shape index (κ1) is 113. The maximum Gasteiger partial charge on any atom is 0.0981 e. The second-order valence-electron chi connectivity index (χ2n) is 41.4. The number of ether oxygens (including phenoxy) is 5. The van der Waals surface area contributed by atoms with Crippen molar-refractivity contribution < 1.29 is 23.7 Å². The summed E-state index contributed by atoms with van der Waals surface area (Å²) in [6.07, 6.45) is 20.7. The third-order valence-corrected chi connectivity index (χ3v) is 25.3. The predicted octanol–water partition coefficient (Wildman–Crippen LogP) is 31.6. The summed E-state index contributed by atoms with van der Waals surface area (Å²) in [5.74, 6) is 16.4. The third kappa shape index (κ3) is 41.2. The minimum absolute atomic E-state index is 0. The lowest BCUT2D eigenvalue weighted by molar-refractivity contribution is 0.136. The van der Waals surface area contributed by atoms with E-state index in [1.165, 1.54) is 153 Å². The fourth-order valence-electron chi connectivity index (χ4n) is 18.5. The number of hydrogen-bond donors (Lipinski definition) is 3. The van der Waals surface area contributed by atoms with Gasteiger partial charge in [0.2, 0.25) is 0 Å². The molecule has 0 saturated heterocycles. The van der Waals surface area contributed by atoms with Gasteiger partial charge in [-0.25, -0.2) is 0 Å². The monoisotopic (exact) mass is 1630 g/mol. The lowest BCUT2D eigenvalue weighted by atomic mass is 9.81. The molecule has 0 bridgehead atoms. The minimum atomic E-state index is 0. The van der Waals surface area contributed by atoms with Crippen LogP contribution in [0.5, 0.6) is 0 Å². The average molecular weight is 1640 g/mol. The van der Waals surface area contributed by atoms with Gasteiger partial charge in [0, 0.05) is 49.3 Å². The van der Waals surface area contributed by atoms with Crippen LogP contribution in [0.4, 0.5) is 0 Å².